The van der Waals surface area contributed by atoms with Gasteiger partial charge in [-0.25, -0.2) is 9.13 Å². The summed E-state index contributed by atoms with van der Waals surface area (Å²) >= 11 is 0. The molecule has 96 heavy (non-hydrogen) atoms. The van der Waals surface area contributed by atoms with Crippen molar-refractivity contribution < 1.29 is 80.2 Å². The van der Waals surface area contributed by atoms with Gasteiger partial charge < -0.3 is 33.8 Å². The smallest absolute Gasteiger partial charge is 0.462 e. The quantitative estimate of drug-likeness (QED) is 0.0222. The minimum Gasteiger partial charge on any atom is -0.462 e. The van der Waals surface area contributed by atoms with Crippen molar-refractivity contribution in [2.75, 3.05) is 39.6 Å². The lowest BCUT2D eigenvalue weighted by Crippen LogP contribution is -2.30. The molecule has 0 rings (SSSR count). The zero-order valence-electron chi connectivity index (χ0n) is 62.4. The zero-order chi connectivity index (χ0) is 70.4. The van der Waals surface area contributed by atoms with Gasteiger partial charge in [0.25, 0.3) is 0 Å². The number of carbonyl (C=O) groups excluding carboxylic acids is 4. The Bertz CT molecular complexity index is 1830. The van der Waals surface area contributed by atoms with E-state index in [-0.39, 0.29) is 25.7 Å². The summed E-state index contributed by atoms with van der Waals surface area (Å²) in [6, 6.07) is 0. The van der Waals surface area contributed by atoms with Crippen molar-refractivity contribution in [2.24, 2.45) is 0 Å². The van der Waals surface area contributed by atoms with E-state index >= 15 is 0 Å². The Morgan fingerprint density at radius 1 is 0.250 bits per heavy atom. The molecule has 17 nitrogen and oxygen atoms in total. The largest absolute Gasteiger partial charge is 0.472 e. The molecule has 0 aliphatic heterocycles. The van der Waals surface area contributed by atoms with Crippen molar-refractivity contribution in [1.29, 1.82) is 0 Å². The first-order chi connectivity index (χ1) is 46.7. The summed E-state index contributed by atoms with van der Waals surface area (Å²) in [5.74, 6) is -2.11. The van der Waals surface area contributed by atoms with Crippen molar-refractivity contribution in [3.63, 3.8) is 0 Å². The van der Waals surface area contributed by atoms with E-state index in [0.717, 1.165) is 89.9 Å². The Morgan fingerprint density at radius 3 is 0.615 bits per heavy atom. The maximum absolute atomic E-state index is 13.1. The number of unbranched alkanes of at least 4 members (excludes halogenated alkanes) is 52. The molecule has 0 aliphatic rings. The van der Waals surface area contributed by atoms with Gasteiger partial charge in [-0.15, -0.1) is 0 Å². The van der Waals surface area contributed by atoms with Gasteiger partial charge in [0.05, 0.1) is 26.4 Å². The molecule has 0 heterocycles. The Hall–Kier alpha value is -1.94. The molecule has 0 spiro atoms. The first-order valence-electron chi connectivity index (χ1n) is 40.3. The predicted molar refractivity (Wildman–Crippen MR) is 391 cm³/mol. The molecule has 0 saturated heterocycles. The normalized spacial score (nSPS) is 13.9. The number of hydrogen-bond acceptors (Lipinski definition) is 15. The fourth-order valence-corrected chi connectivity index (χ4v) is 13.5. The molecule has 570 valence electrons. The molecule has 0 aromatic carbocycles. The second kappa shape index (κ2) is 71.5. The average Bonchev–Trinajstić information content (AvgIpc) is 3.24. The first-order valence-corrected chi connectivity index (χ1v) is 43.3. The van der Waals surface area contributed by atoms with Crippen LogP contribution in [0.2, 0.25) is 0 Å². The van der Waals surface area contributed by atoms with Crippen molar-refractivity contribution in [3.05, 3.63) is 0 Å². The molecule has 0 fully saturated rings. The number of esters is 4. The Balaban J connectivity index is 5.23. The number of hydrogen-bond donors (Lipinski definition) is 3. The van der Waals surface area contributed by atoms with E-state index in [0.29, 0.717) is 25.7 Å². The Labute approximate surface area is 588 Å². The summed E-state index contributed by atoms with van der Waals surface area (Å²) in [5, 5.41) is 10.6. The van der Waals surface area contributed by atoms with Crippen LogP contribution in [-0.2, 0) is 65.4 Å². The standard InChI is InChI=1S/C77H150O17P2/c1-5-9-13-17-21-25-29-33-34-35-36-37-38-40-44-48-52-56-60-64-77(82)94-73(68-88-75(80)62-58-54-50-46-43-39-30-26-22-18-14-10-6-2)70-92-96(85,86)90-66-71(78)65-89-95(83,84)91-69-72(93-76(81)63-59-55-51-47-42-32-28-24-20-16-12-8-4)67-87-74(79)61-57-53-49-45-41-31-27-23-19-15-11-7-3/h71-73,78H,5-70H2,1-4H3,(H,83,84)(H,85,86)/t71-,72+,73+/m0/s1. The van der Waals surface area contributed by atoms with E-state index in [1.807, 2.05) is 0 Å². The second-order valence-electron chi connectivity index (χ2n) is 27.7. The summed E-state index contributed by atoms with van der Waals surface area (Å²) in [7, 11) is -9.91. The van der Waals surface area contributed by atoms with Crippen molar-refractivity contribution >= 4 is 39.5 Å². The van der Waals surface area contributed by atoms with Gasteiger partial charge in [0.2, 0.25) is 0 Å². The molecule has 0 radical (unpaired) electrons. The van der Waals surface area contributed by atoms with Gasteiger partial charge in [-0.05, 0) is 25.7 Å². The van der Waals surface area contributed by atoms with Gasteiger partial charge in [-0.3, -0.25) is 37.3 Å². The molecule has 19 heteroatoms. The predicted octanol–water partition coefficient (Wildman–Crippen LogP) is 23.0. The molecule has 0 bridgehead atoms. The van der Waals surface area contributed by atoms with E-state index in [1.165, 1.54) is 244 Å². The van der Waals surface area contributed by atoms with Crippen LogP contribution in [0.15, 0.2) is 0 Å². The lowest BCUT2D eigenvalue weighted by molar-refractivity contribution is -0.161. The van der Waals surface area contributed by atoms with Crippen LogP contribution in [0.1, 0.15) is 413 Å². The number of aliphatic hydroxyl groups is 1. The monoisotopic (exact) mass is 1410 g/mol. The minimum absolute atomic E-state index is 0.108. The van der Waals surface area contributed by atoms with E-state index in [4.69, 9.17) is 37.0 Å². The molecule has 0 aliphatic carbocycles. The van der Waals surface area contributed by atoms with Crippen molar-refractivity contribution in [3.8, 4) is 0 Å². The number of phosphoric acid groups is 2. The number of ether oxygens (including phenoxy) is 4. The molecule has 0 amide bonds. The molecule has 0 aromatic rings. The number of aliphatic hydroxyl groups excluding tert-OH is 1. The average molecular weight is 1410 g/mol. The van der Waals surface area contributed by atoms with Gasteiger partial charge in [0.1, 0.15) is 19.3 Å². The van der Waals surface area contributed by atoms with Gasteiger partial charge >= 0.3 is 39.5 Å². The van der Waals surface area contributed by atoms with Crippen LogP contribution in [0.5, 0.6) is 0 Å². The van der Waals surface area contributed by atoms with Crippen molar-refractivity contribution in [2.45, 2.75) is 431 Å². The number of phosphoric ester groups is 2. The zero-order valence-corrected chi connectivity index (χ0v) is 64.1. The third-order valence-corrected chi connectivity index (χ3v) is 20.0. The molecular weight excluding hydrogens is 1260 g/mol. The summed E-state index contributed by atoms with van der Waals surface area (Å²) in [6.45, 7) is 5.00. The van der Waals surface area contributed by atoms with Crippen LogP contribution in [0.4, 0.5) is 0 Å². The maximum Gasteiger partial charge on any atom is 0.472 e. The summed E-state index contributed by atoms with van der Waals surface area (Å²) in [5.41, 5.74) is 0. The van der Waals surface area contributed by atoms with Crippen LogP contribution < -0.4 is 0 Å². The number of rotatable bonds is 78. The van der Waals surface area contributed by atoms with Crippen molar-refractivity contribution in [1.82, 2.24) is 0 Å². The van der Waals surface area contributed by atoms with Crippen LogP contribution in [-0.4, -0.2) is 96.7 Å². The van der Waals surface area contributed by atoms with E-state index in [9.17, 15) is 43.2 Å². The molecule has 0 aromatic heterocycles. The topological polar surface area (TPSA) is 237 Å². The second-order valence-corrected chi connectivity index (χ2v) is 30.7. The summed E-state index contributed by atoms with van der Waals surface area (Å²) < 4.78 is 68.6. The summed E-state index contributed by atoms with van der Waals surface area (Å²) in [4.78, 5) is 72.9. The molecule has 5 atom stereocenters. The maximum atomic E-state index is 13.1. The van der Waals surface area contributed by atoms with Gasteiger partial charge in [0.15, 0.2) is 12.2 Å². The van der Waals surface area contributed by atoms with Gasteiger partial charge in [-0.2, -0.15) is 0 Å². The highest BCUT2D eigenvalue weighted by molar-refractivity contribution is 7.47. The fraction of sp³-hybridized carbons (Fsp3) is 0.948. The lowest BCUT2D eigenvalue weighted by atomic mass is 10.0. The van der Waals surface area contributed by atoms with Crippen LogP contribution in [0.3, 0.4) is 0 Å². The lowest BCUT2D eigenvalue weighted by Gasteiger charge is -2.21. The van der Waals surface area contributed by atoms with Gasteiger partial charge in [-0.1, -0.05) is 362 Å². The number of carbonyl (C=O) groups is 4. The highest BCUT2D eigenvalue weighted by Crippen LogP contribution is 2.45. The van der Waals surface area contributed by atoms with Crippen LogP contribution in [0.25, 0.3) is 0 Å². The minimum atomic E-state index is -4.96. The summed E-state index contributed by atoms with van der Waals surface area (Å²) in [6.07, 6.45) is 62.2. The first kappa shape index (κ1) is 94.1. The molecule has 0 saturated carbocycles. The Kier molecular flexibility index (Phi) is 70.0. The molecular formula is C77H150O17P2. The van der Waals surface area contributed by atoms with E-state index in [1.54, 1.807) is 0 Å². The highest BCUT2D eigenvalue weighted by atomic mass is 31.2. The highest BCUT2D eigenvalue weighted by Gasteiger charge is 2.30. The third kappa shape index (κ3) is 70.5. The third-order valence-electron chi connectivity index (χ3n) is 18.1. The van der Waals surface area contributed by atoms with Crippen LogP contribution >= 0.6 is 15.6 Å². The molecule has 2 unspecified atom stereocenters. The van der Waals surface area contributed by atoms with Gasteiger partial charge in [0, 0.05) is 25.7 Å². The SMILES string of the molecule is CCCCCCCCCCCCCCCCCCCCCC(=O)O[C@H](COC(=O)CCCCCCCCCCCCCCC)COP(=O)(O)OC[C@@H](O)COP(=O)(O)OC[C@@H](COC(=O)CCCCCCCCCCCCCC)OC(=O)CCCCCCCCCCCCCC. The fourth-order valence-electron chi connectivity index (χ4n) is 11.9. The molecule has 3 N–H and O–H groups in total. The Morgan fingerprint density at radius 2 is 0.417 bits per heavy atom. The van der Waals surface area contributed by atoms with E-state index in [2.05, 4.69) is 27.7 Å². The van der Waals surface area contributed by atoms with Crippen LogP contribution in [0, 0.1) is 0 Å². The van der Waals surface area contributed by atoms with E-state index < -0.39 is 97.5 Å².